The maximum Gasteiger partial charge on any atom is 0.248 e. The van der Waals surface area contributed by atoms with Crippen LogP contribution in [0.25, 0.3) is 0 Å². The van der Waals surface area contributed by atoms with E-state index in [1.54, 1.807) is 13.8 Å². The summed E-state index contributed by atoms with van der Waals surface area (Å²) < 4.78 is 0. The van der Waals surface area contributed by atoms with Crippen molar-refractivity contribution in [1.82, 2.24) is 15.1 Å². The molecule has 2 aliphatic heterocycles. The quantitative estimate of drug-likeness (QED) is 0.852. The van der Waals surface area contributed by atoms with E-state index in [4.69, 9.17) is 0 Å². The van der Waals surface area contributed by atoms with E-state index in [-0.39, 0.29) is 23.8 Å². The summed E-state index contributed by atoms with van der Waals surface area (Å²) in [5.41, 5.74) is -0.796. The molecule has 2 atom stereocenters. The lowest BCUT2D eigenvalue weighted by Crippen LogP contribution is -2.70. The highest BCUT2D eigenvalue weighted by atomic mass is 16.2. The number of piperidine rings is 1. The zero-order valence-corrected chi connectivity index (χ0v) is 14.0. The lowest BCUT2D eigenvalue weighted by atomic mass is 9.90. The first-order valence-electron chi connectivity index (χ1n) is 8.07. The fraction of sp³-hybridized carbons (Fsp3) is 0.875. The molecule has 21 heavy (non-hydrogen) atoms. The van der Waals surface area contributed by atoms with E-state index < -0.39 is 5.54 Å². The highest BCUT2D eigenvalue weighted by molar-refractivity contribution is 5.99. The number of nitrogens with one attached hydrogen (secondary N) is 1. The zero-order valence-electron chi connectivity index (χ0n) is 14.0. The van der Waals surface area contributed by atoms with Crippen LogP contribution in [0.5, 0.6) is 0 Å². The fourth-order valence-electron chi connectivity index (χ4n) is 3.52. The first-order valence-corrected chi connectivity index (χ1v) is 8.07. The Kier molecular flexibility index (Phi) is 4.61. The Morgan fingerprint density at radius 2 is 1.95 bits per heavy atom. The maximum atomic E-state index is 12.8. The molecule has 0 radical (unpaired) electrons. The molecule has 0 aromatic heterocycles. The second-order valence-corrected chi connectivity index (χ2v) is 7.39. The Labute approximate surface area is 128 Å². The van der Waals surface area contributed by atoms with Gasteiger partial charge in [0, 0.05) is 12.6 Å². The maximum absolute atomic E-state index is 12.8. The first kappa shape index (κ1) is 16.3. The van der Waals surface area contributed by atoms with E-state index >= 15 is 0 Å². The second kappa shape index (κ2) is 5.95. The van der Waals surface area contributed by atoms with E-state index in [9.17, 15) is 9.59 Å². The summed E-state index contributed by atoms with van der Waals surface area (Å²) >= 11 is 0. The first-order chi connectivity index (χ1) is 9.74. The summed E-state index contributed by atoms with van der Waals surface area (Å²) in [6, 6.07) is 0.0199. The Morgan fingerprint density at radius 3 is 2.52 bits per heavy atom. The average Bonchev–Trinajstić information content (AvgIpc) is 2.37. The number of rotatable bonds is 3. The van der Waals surface area contributed by atoms with Gasteiger partial charge in [-0.15, -0.1) is 0 Å². The molecule has 5 nitrogen and oxygen atoms in total. The molecule has 2 fully saturated rings. The van der Waals surface area contributed by atoms with Crippen LogP contribution < -0.4 is 5.32 Å². The molecule has 0 aromatic rings. The Bertz CT molecular complexity index is 420. The Morgan fingerprint density at radius 1 is 1.29 bits per heavy atom. The van der Waals surface area contributed by atoms with Crippen LogP contribution in [0.4, 0.5) is 0 Å². The summed E-state index contributed by atoms with van der Waals surface area (Å²) in [6.07, 6.45) is 3.53. The summed E-state index contributed by atoms with van der Waals surface area (Å²) in [5, 5.41) is 2.87. The number of hydrogen-bond acceptors (Lipinski definition) is 3. The van der Waals surface area contributed by atoms with E-state index in [1.165, 1.54) is 12.8 Å². The van der Waals surface area contributed by atoms with Crippen molar-refractivity contribution in [3.63, 3.8) is 0 Å². The third kappa shape index (κ3) is 3.23. The van der Waals surface area contributed by atoms with E-state index in [0.29, 0.717) is 12.6 Å². The molecule has 2 amide bonds. The highest BCUT2D eigenvalue weighted by Gasteiger charge is 2.47. The second-order valence-electron chi connectivity index (χ2n) is 7.39. The molecule has 120 valence electrons. The number of carbonyl (C=O) groups is 2. The minimum Gasteiger partial charge on any atom is -0.340 e. The van der Waals surface area contributed by atoms with Crippen molar-refractivity contribution in [1.29, 1.82) is 0 Å². The van der Waals surface area contributed by atoms with Gasteiger partial charge >= 0.3 is 0 Å². The van der Waals surface area contributed by atoms with Gasteiger partial charge in [-0.2, -0.15) is 0 Å². The highest BCUT2D eigenvalue weighted by Crippen LogP contribution is 2.25. The van der Waals surface area contributed by atoms with E-state index in [1.807, 2.05) is 18.7 Å². The number of hydrogen-bond donors (Lipinski definition) is 1. The van der Waals surface area contributed by atoms with Crippen LogP contribution in [0.2, 0.25) is 0 Å². The number of amides is 2. The summed E-state index contributed by atoms with van der Waals surface area (Å²) in [7, 11) is 2.12. The standard InChI is InChI=1S/C16H29N3O2/c1-11(2)13-14(20)17-16(3,4)15(21)19(13)10-12-8-6-7-9-18(12)5/h11-13H,6-10H2,1-5H3,(H,17,20). The number of likely N-dealkylation sites (N-methyl/N-ethyl adjacent to an activating group) is 1. The topological polar surface area (TPSA) is 52.7 Å². The van der Waals surface area contributed by atoms with Crippen LogP contribution in [0.1, 0.15) is 47.0 Å². The Balaban J connectivity index is 2.21. The van der Waals surface area contributed by atoms with Crippen LogP contribution in [0, 0.1) is 5.92 Å². The van der Waals surface area contributed by atoms with Gasteiger partial charge in [0.15, 0.2) is 0 Å². The summed E-state index contributed by atoms with van der Waals surface area (Å²) in [4.78, 5) is 29.3. The SMILES string of the molecule is CC(C)C1C(=O)NC(C)(C)C(=O)N1CC1CCCCN1C. The largest absolute Gasteiger partial charge is 0.340 e. The molecule has 2 saturated heterocycles. The van der Waals surface area contributed by atoms with Crippen molar-refractivity contribution < 1.29 is 9.59 Å². The minimum absolute atomic E-state index is 0.0203. The van der Waals surface area contributed by atoms with Gasteiger partial charge in [0.1, 0.15) is 11.6 Å². The Hall–Kier alpha value is -1.10. The average molecular weight is 295 g/mol. The van der Waals surface area contributed by atoms with Crippen LogP contribution in [-0.4, -0.2) is 59.4 Å². The van der Waals surface area contributed by atoms with E-state index in [2.05, 4.69) is 17.3 Å². The van der Waals surface area contributed by atoms with Gasteiger partial charge in [-0.05, 0) is 46.2 Å². The van der Waals surface area contributed by atoms with Gasteiger partial charge in [0.2, 0.25) is 11.8 Å². The number of carbonyl (C=O) groups excluding carboxylic acids is 2. The van der Waals surface area contributed by atoms with Crippen LogP contribution in [-0.2, 0) is 9.59 Å². The van der Waals surface area contributed by atoms with Crippen molar-refractivity contribution >= 4 is 11.8 Å². The smallest absolute Gasteiger partial charge is 0.248 e. The molecule has 0 aliphatic carbocycles. The summed E-state index contributed by atoms with van der Waals surface area (Å²) in [6.45, 7) is 9.34. The third-order valence-corrected chi connectivity index (χ3v) is 4.80. The van der Waals surface area contributed by atoms with Crippen LogP contribution >= 0.6 is 0 Å². The molecule has 2 aliphatic rings. The third-order valence-electron chi connectivity index (χ3n) is 4.80. The van der Waals surface area contributed by atoms with Gasteiger partial charge in [0.25, 0.3) is 0 Å². The van der Waals surface area contributed by atoms with Gasteiger partial charge in [-0.1, -0.05) is 20.3 Å². The number of piperazine rings is 1. The van der Waals surface area contributed by atoms with Crippen molar-refractivity contribution in [3.05, 3.63) is 0 Å². The van der Waals surface area contributed by atoms with E-state index in [0.717, 1.165) is 13.0 Å². The number of nitrogens with zero attached hydrogens (tertiary/aromatic N) is 2. The molecule has 2 rings (SSSR count). The minimum atomic E-state index is -0.796. The molecule has 2 heterocycles. The molecule has 2 unspecified atom stereocenters. The molecule has 1 N–H and O–H groups in total. The lowest BCUT2D eigenvalue weighted by molar-refractivity contribution is -0.156. The van der Waals surface area contributed by atoms with Gasteiger partial charge in [0.05, 0.1) is 0 Å². The van der Waals surface area contributed by atoms with Crippen molar-refractivity contribution in [2.45, 2.75) is 64.6 Å². The zero-order chi connectivity index (χ0) is 15.8. The molecular formula is C16H29N3O2. The van der Waals surface area contributed by atoms with Gasteiger partial charge in [-0.25, -0.2) is 0 Å². The van der Waals surface area contributed by atoms with Crippen LogP contribution in [0.3, 0.4) is 0 Å². The molecule has 0 spiro atoms. The van der Waals surface area contributed by atoms with Gasteiger partial charge < -0.3 is 15.1 Å². The van der Waals surface area contributed by atoms with Crippen molar-refractivity contribution in [2.24, 2.45) is 5.92 Å². The number of likely N-dealkylation sites (tertiary alicyclic amines) is 1. The molecule has 0 aromatic carbocycles. The lowest BCUT2D eigenvalue weighted by Gasteiger charge is -2.47. The predicted molar refractivity (Wildman–Crippen MR) is 82.8 cm³/mol. The predicted octanol–water partition coefficient (Wildman–Crippen LogP) is 1.23. The molecule has 5 heteroatoms. The monoisotopic (exact) mass is 295 g/mol. The molecule has 0 saturated carbocycles. The van der Waals surface area contributed by atoms with Crippen molar-refractivity contribution in [3.8, 4) is 0 Å². The van der Waals surface area contributed by atoms with Crippen LogP contribution in [0.15, 0.2) is 0 Å². The molecule has 0 bridgehead atoms. The molecular weight excluding hydrogens is 266 g/mol. The normalized spacial score (nSPS) is 30.7. The summed E-state index contributed by atoms with van der Waals surface area (Å²) in [5.74, 6) is 0.145. The van der Waals surface area contributed by atoms with Gasteiger partial charge in [-0.3, -0.25) is 9.59 Å². The van der Waals surface area contributed by atoms with Crippen molar-refractivity contribution in [2.75, 3.05) is 20.1 Å². The fourth-order valence-corrected chi connectivity index (χ4v) is 3.52.